The van der Waals surface area contributed by atoms with Gasteiger partial charge in [-0.1, -0.05) is 12.1 Å². The Morgan fingerprint density at radius 1 is 1.05 bits per heavy atom. The molecular formula is C32H38N8O3. The standard InChI is InChI=1S/C32H38N8O3/c1-19(36-18-28(41)40-13-5-6-25(40)17-33)16-32(31-37-20(2)38-39-31)26-11-9-23(29(42)34-3)14-21(26)7-8-22-15-24(30(43)35-4)10-12-27(22)32/h9-12,14-15,19,25,36H,5-8,13,16,18H2,1-4H3,(H,34,42)(H,35,43)(H,37,38,39)/t19-,25?/m1/s1. The number of nitrogens with zero attached hydrogens (tertiary/aromatic N) is 4. The molecule has 2 atom stereocenters. The highest BCUT2D eigenvalue weighted by Gasteiger charge is 2.45. The molecule has 3 amide bonds. The summed E-state index contributed by atoms with van der Waals surface area (Å²) in [6.07, 6.45) is 3.36. The van der Waals surface area contributed by atoms with E-state index in [2.05, 4.69) is 37.2 Å². The molecule has 11 heteroatoms. The third-order valence-corrected chi connectivity index (χ3v) is 8.71. The molecule has 2 aliphatic rings. The number of aryl methyl sites for hydroxylation is 3. The van der Waals surface area contributed by atoms with Crippen LogP contribution in [-0.4, -0.2) is 77.1 Å². The van der Waals surface area contributed by atoms with E-state index in [9.17, 15) is 19.6 Å². The molecule has 2 aromatic carbocycles. The van der Waals surface area contributed by atoms with Crippen LogP contribution in [0.15, 0.2) is 36.4 Å². The second kappa shape index (κ2) is 12.4. The Bertz CT molecular complexity index is 1520. The number of likely N-dealkylation sites (tertiary alicyclic amines) is 1. The van der Waals surface area contributed by atoms with Gasteiger partial charge in [-0.25, -0.2) is 0 Å². The van der Waals surface area contributed by atoms with Crippen molar-refractivity contribution < 1.29 is 14.4 Å². The Labute approximate surface area is 251 Å². The van der Waals surface area contributed by atoms with Crippen LogP contribution in [0.1, 0.15) is 80.8 Å². The maximum Gasteiger partial charge on any atom is 0.251 e. The first kappa shape index (κ1) is 29.9. The van der Waals surface area contributed by atoms with E-state index in [1.807, 2.05) is 50.2 Å². The first-order chi connectivity index (χ1) is 20.7. The van der Waals surface area contributed by atoms with Crippen LogP contribution in [0.25, 0.3) is 0 Å². The van der Waals surface area contributed by atoms with Gasteiger partial charge in [0.2, 0.25) is 5.91 Å². The minimum Gasteiger partial charge on any atom is -0.355 e. The number of amides is 3. The number of fused-ring (bicyclic) bond motifs is 2. The number of hydrogen-bond acceptors (Lipinski definition) is 7. The van der Waals surface area contributed by atoms with Crippen LogP contribution in [0.3, 0.4) is 0 Å². The van der Waals surface area contributed by atoms with Crippen LogP contribution in [0.2, 0.25) is 0 Å². The van der Waals surface area contributed by atoms with E-state index in [0.29, 0.717) is 55.0 Å². The summed E-state index contributed by atoms with van der Waals surface area (Å²) >= 11 is 0. The van der Waals surface area contributed by atoms with Crippen molar-refractivity contribution >= 4 is 17.7 Å². The fraction of sp³-hybridized carbons (Fsp3) is 0.438. The van der Waals surface area contributed by atoms with Crippen LogP contribution in [0.4, 0.5) is 0 Å². The number of H-pyrrole nitrogens is 1. The predicted molar refractivity (Wildman–Crippen MR) is 161 cm³/mol. The summed E-state index contributed by atoms with van der Waals surface area (Å²) in [4.78, 5) is 43.4. The lowest BCUT2D eigenvalue weighted by atomic mass is 9.67. The minimum absolute atomic E-state index is 0.0902. The van der Waals surface area contributed by atoms with Crippen molar-refractivity contribution in [3.63, 3.8) is 0 Å². The summed E-state index contributed by atoms with van der Waals surface area (Å²) in [5.41, 5.74) is 4.29. The molecule has 4 N–H and O–H groups in total. The number of carbonyl (C=O) groups excluding carboxylic acids is 3. The van der Waals surface area contributed by atoms with E-state index >= 15 is 0 Å². The Morgan fingerprint density at radius 3 is 2.16 bits per heavy atom. The zero-order chi connectivity index (χ0) is 30.7. The lowest BCUT2D eigenvalue weighted by molar-refractivity contribution is -0.130. The average molecular weight is 583 g/mol. The molecule has 0 radical (unpaired) electrons. The number of carbonyl (C=O) groups is 3. The van der Waals surface area contributed by atoms with E-state index in [-0.39, 0.29) is 36.3 Å². The smallest absolute Gasteiger partial charge is 0.251 e. The van der Waals surface area contributed by atoms with Crippen molar-refractivity contribution in [1.82, 2.24) is 36.0 Å². The molecule has 1 saturated heterocycles. The van der Waals surface area contributed by atoms with E-state index in [1.165, 1.54) is 0 Å². The molecule has 1 aliphatic carbocycles. The Morgan fingerprint density at radius 2 is 1.65 bits per heavy atom. The highest BCUT2D eigenvalue weighted by atomic mass is 16.2. The molecular weight excluding hydrogens is 544 g/mol. The maximum atomic E-state index is 13.1. The fourth-order valence-corrected chi connectivity index (χ4v) is 6.62. The summed E-state index contributed by atoms with van der Waals surface area (Å²) in [6.45, 7) is 4.59. The topological polar surface area (TPSA) is 156 Å². The number of aromatic nitrogens is 3. The first-order valence-corrected chi connectivity index (χ1v) is 14.7. The minimum atomic E-state index is -0.830. The van der Waals surface area contributed by atoms with Gasteiger partial charge in [0.15, 0.2) is 0 Å². The molecule has 5 rings (SSSR count). The molecule has 0 bridgehead atoms. The van der Waals surface area contributed by atoms with Gasteiger partial charge < -0.3 is 25.8 Å². The van der Waals surface area contributed by atoms with Gasteiger partial charge in [0.1, 0.15) is 17.7 Å². The highest BCUT2D eigenvalue weighted by molar-refractivity contribution is 5.95. The second-order valence-electron chi connectivity index (χ2n) is 11.4. The van der Waals surface area contributed by atoms with Gasteiger partial charge in [0.05, 0.1) is 18.0 Å². The van der Waals surface area contributed by atoms with Crippen molar-refractivity contribution in [2.75, 3.05) is 27.2 Å². The number of rotatable bonds is 8. The third kappa shape index (κ3) is 5.62. The lowest BCUT2D eigenvalue weighted by Crippen LogP contribution is -2.45. The first-order valence-electron chi connectivity index (χ1n) is 14.7. The molecule has 11 nitrogen and oxygen atoms in total. The third-order valence-electron chi connectivity index (χ3n) is 8.71. The molecule has 224 valence electrons. The molecule has 1 aromatic heterocycles. The van der Waals surface area contributed by atoms with Gasteiger partial charge in [-0.3, -0.25) is 14.4 Å². The van der Waals surface area contributed by atoms with Crippen LogP contribution in [0.5, 0.6) is 0 Å². The van der Waals surface area contributed by atoms with Crippen LogP contribution in [-0.2, 0) is 23.1 Å². The van der Waals surface area contributed by atoms with Crippen molar-refractivity contribution in [1.29, 1.82) is 5.26 Å². The number of aromatic amines is 1. The normalized spacial score (nSPS) is 17.7. The molecule has 43 heavy (non-hydrogen) atoms. The summed E-state index contributed by atoms with van der Waals surface area (Å²) in [7, 11) is 3.22. The Hall–Kier alpha value is -4.56. The summed E-state index contributed by atoms with van der Waals surface area (Å²) < 4.78 is 0. The number of nitrogens with one attached hydrogen (secondary N) is 4. The summed E-state index contributed by atoms with van der Waals surface area (Å²) in [6, 6.07) is 13.2. The van der Waals surface area contributed by atoms with E-state index < -0.39 is 5.41 Å². The van der Waals surface area contributed by atoms with Crippen LogP contribution >= 0.6 is 0 Å². The van der Waals surface area contributed by atoms with Crippen molar-refractivity contribution in [2.45, 2.75) is 63.5 Å². The zero-order valence-corrected chi connectivity index (χ0v) is 25.1. The quantitative estimate of drug-likeness (QED) is 0.317. The van der Waals surface area contributed by atoms with Gasteiger partial charge in [-0.2, -0.15) is 5.26 Å². The SMILES string of the molecule is CNC(=O)c1ccc2c(c1)CCc1cc(C(=O)NC)ccc1C2(C[C@@H](C)NCC(=O)N1CCCC1C#N)c1nnc(C)[nH]1. The predicted octanol–water partition coefficient (Wildman–Crippen LogP) is 2.15. The fourth-order valence-electron chi connectivity index (χ4n) is 6.62. The second-order valence-corrected chi connectivity index (χ2v) is 11.4. The van der Waals surface area contributed by atoms with E-state index in [4.69, 9.17) is 0 Å². The maximum absolute atomic E-state index is 13.1. The largest absolute Gasteiger partial charge is 0.355 e. The summed E-state index contributed by atoms with van der Waals surface area (Å²) in [5.74, 6) is 0.891. The van der Waals surface area contributed by atoms with Crippen molar-refractivity contribution in [3.8, 4) is 6.07 Å². The average Bonchev–Trinajstić information content (AvgIpc) is 3.67. The van der Waals surface area contributed by atoms with Crippen LogP contribution < -0.4 is 16.0 Å². The van der Waals surface area contributed by atoms with E-state index in [1.54, 1.807) is 19.0 Å². The molecule has 1 aliphatic heterocycles. The van der Waals surface area contributed by atoms with Crippen LogP contribution in [0, 0.1) is 18.3 Å². The Kier molecular flexibility index (Phi) is 8.59. The lowest BCUT2D eigenvalue weighted by Gasteiger charge is -2.37. The van der Waals surface area contributed by atoms with Gasteiger partial charge in [0, 0.05) is 37.8 Å². The molecule has 3 aromatic rings. The van der Waals surface area contributed by atoms with Gasteiger partial charge in [-0.15, -0.1) is 10.2 Å². The summed E-state index contributed by atoms with van der Waals surface area (Å²) in [5, 5.41) is 27.3. The van der Waals surface area contributed by atoms with Crippen molar-refractivity contribution in [3.05, 3.63) is 81.4 Å². The zero-order valence-electron chi connectivity index (χ0n) is 25.1. The van der Waals surface area contributed by atoms with Gasteiger partial charge >= 0.3 is 0 Å². The van der Waals surface area contributed by atoms with E-state index in [0.717, 1.165) is 28.7 Å². The Balaban J connectivity index is 1.62. The number of hydrogen-bond donors (Lipinski definition) is 4. The monoisotopic (exact) mass is 582 g/mol. The van der Waals surface area contributed by atoms with Gasteiger partial charge in [0.25, 0.3) is 11.8 Å². The molecule has 2 heterocycles. The van der Waals surface area contributed by atoms with Gasteiger partial charge in [-0.05, 0) is 92.5 Å². The molecule has 1 fully saturated rings. The molecule has 0 spiro atoms. The number of benzene rings is 2. The molecule has 0 saturated carbocycles. The van der Waals surface area contributed by atoms with Crippen molar-refractivity contribution in [2.24, 2.45) is 0 Å². The number of nitriles is 1. The highest BCUT2D eigenvalue weighted by Crippen LogP contribution is 2.47. The molecule has 1 unspecified atom stereocenters.